The van der Waals surface area contributed by atoms with Crippen molar-refractivity contribution in [1.82, 2.24) is 30.5 Å². The van der Waals surface area contributed by atoms with E-state index in [2.05, 4.69) is 30.5 Å². The van der Waals surface area contributed by atoms with Gasteiger partial charge in [-0.2, -0.15) is 5.10 Å². The molecule has 5 aromatic rings. The number of pyridine rings is 1. The molecular weight excluding hydrogens is 416 g/mol. The molecule has 0 spiro atoms. The van der Waals surface area contributed by atoms with Gasteiger partial charge < -0.3 is 15.0 Å². The summed E-state index contributed by atoms with van der Waals surface area (Å²) in [6, 6.07) is 17.3. The van der Waals surface area contributed by atoms with Crippen molar-refractivity contribution in [3.8, 4) is 17.1 Å². The zero-order valence-corrected chi connectivity index (χ0v) is 18.6. The number of hydrogen-bond donors (Lipinski definition) is 3. The number of carbonyl (C=O) groups excluding carboxylic acids is 1. The molecule has 3 N–H and O–H groups in total. The van der Waals surface area contributed by atoms with Crippen LogP contribution in [0.2, 0.25) is 0 Å². The zero-order valence-electron chi connectivity index (χ0n) is 18.6. The maximum atomic E-state index is 12.8. The van der Waals surface area contributed by atoms with Gasteiger partial charge in [0.25, 0.3) is 5.91 Å². The molecule has 2 aromatic carbocycles. The fraction of sp³-hybridized carbons (Fsp3) is 0.200. The van der Waals surface area contributed by atoms with Crippen LogP contribution in [0.3, 0.4) is 0 Å². The molecule has 0 saturated heterocycles. The summed E-state index contributed by atoms with van der Waals surface area (Å²) in [6.45, 7) is 5.87. The molecule has 0 saturated carbocycles. The Balaban J connectivity index is 1.43. The molecule has 3 heterocycles. The van der Waals surface area contributed by atoms with E-state index in [1.54, 1.807) is 6.20 Å². The minimum absolute atomic E-state index is 0.0598. The molecule has 33 heavy (non-hydrogen) atoms. The lowest BCUT2D eigenvalue weighted by molar-refractivity contribution is 0.0930. The molecule has 8 heteroatoms. The van der Waals surface area contributed by atoms with E-state index in [0.29, 0.717) is 11.4 Å². The number of imidazole rings is 1. The second kappa shape index (κ2) is 8.38. The van der Waals surface area contributed by atoms with Crippen LogP contribution in [0.25, 0.3) is 33.2 Å². The highest BCUT2D eigenvalue weighted by Crippen LogP contribution is 2.29. The molecule has 166 valence electrons. The third-order valence-corrected chi connectivity index (χ3v) is 5.39. The number of nitrogens with zero attached hydrogens (tertiary/aromatic N) is 3. The molecule has 1 atom stereocenters. The van der Waals surface area contributed by atoms with E-state index in [9.17, 15) is 4.79 Å². The predicted molar refractivity (Wildman–Crippen MR) is 127 cm³/mol. The van der Waals surface area contributed by atoms with E-state index in [0.717, 1.165) is 33.2 Å². The summed E-state index contributed by atoms with van der Waals surface area (Å²) in [6.07, 6.45) is 1.80. The van der Waals surface area contributed by atoms with Gasteiger partial charge in [-0.15, -0.1) is 0 Å². The smallest absolute Gasteiger partial charge is 0.287 e. The molecule has 0 aliphatic rings. The third-order valence-electron chi connectivity index (χ3n) is 5.39. The van der Waals surface area contributed by atoms with Gasteiger partial charge in [0, 0.05) is 23.2 Å². The van der Waals surface area contributed by atoms with Gasteiger partial charge in [0.2, 0.25) is 5.88 Å². The quantitative estimate of drug-likeness (QED) is 0.352. The first-order valence-corrected chi connectivity index (χ1v) is 10.8. The lowest BCUT2D eigenvalue weighted by Gasteiger charge is -2.12. The normalized spacial score (nSPS) is 12.4. The number of ether oxygens (including phenoxy) is 1. The number of hydrogen-bond acceptors (Lipinski definition) is 5. The second-order valence-electron chi connectivity index (χ2n) is 8.23. The first-order valence-electron chi connectivity index (χ1n) is 10.8. The Morgan fingerprint density at radius 1 is 1.03 bits per heavy atom. The predicted octanol–water partition coefficient (Wildman–Crippen LogP) is 4.78. The molecule has 5 rings (SSSR count). The molecule has 0 fully saturated rings. The van der Waals surface area contributed by atoms with Crippen molar-refractivity contribution in [3.05, 3.63) is 72.2 Å². The van der Waals surface area contributed by atoms with Gasteiger partial charge in [0.1, 0.15) is 5.69 Å². The fourth-order valence-electron chi connectivity index (χ4n) is 3.77. The SMILES string of the molecule is CC(C)Oc1ccc(-c2n[nH]c3cc4[nH]c(C(=O)N[C@H](C)c5ccccc5)nc4cc23)cn1. The van der Waals surface area contributed by atoms with Gasteiger partial charge in [0.15, 0.2) is 5.82 Å². The topological polar surface area (TPSA) is 109 Å². The monoisotopic (exact) mass is 440 g/mol. The van der Waals surface area contributed by atoms with Crippen molar-refractivity contribution in [2.75, 3.05) is 0 Å². The number of rotatable bonds is 6. The highest BCUT2D eigenvalue weighted by molar-refractivity contribution is 6.02. The Kier molecular flexibility index (Phi) is 5.26. The summed E-state index contributed by atoms with van der Waals surface area (Å²) in [7, 11) is 0. The first-order chi connectivity index (χ1) is 16.0. The Hall–Kier alpha value is -4.20. The molecule has 1 amide bonds. The Bertz CT molecular complexity index is 1420. The molecule has 8 nitrogen and oxygen atoms in total. The summed E-state index contributed by atoms with van der Waals surface area (Å²) >= 11 is 0. The first kappa shape index (κ1) is 20.7. The van der Waals surface area contributed by atoms with Gasteiger partial charge in [-0.3, -0.25) is 9.89 Å². The van der Waals surface area contributed by atoms with Gasteiger partial charge in [-0.25, -0.2) is 9.97 Å². The minimum Gasteiger partial charge on any atom is -0.475 e. The van der Waals surface area contributed by atoms with Gasteiger partial charge in [0.05, 0.1) is 28.7 Å². The highest BCUT2D eigenvalue weighted by Gasteiger charge is 2.17. The van der Waals surface area contributed by atoms with Crippen LogP contribution in [-0.4, -0.2) is 37.2 Å². The Morgan fingerprint density at radius 3 is 2.58 bits per heavy atom. The second-order valence-corrected chi connectivity index (χ2v) is 8.23. The van der Waals surface area contributed by atoms with Crippen LogP contribution in [0.5, 0.6) is 5.88 Å². The van der Waals surface area contributed by atoms with Crippen molar-refractivity contribution in [2.45, 2.75) is 32.9 Å². The number of nitrogens with one attached hydrogen (secondary N) is 3. The zero-order chi connectivity index (χ0) is 22.9. The number of amides is 1. The molecule has 0 bridgehead atoms. The summed E-state index contributed by atoms with van der Waals surface area (Å²) in [5, 5.41) is 11.4. The van der Waals surface area contributed by atoms with Crippen molar-refractivity contribution in [1.29, 1.82) is 0 Å². The van der Waals surface area contributed by atoms with E-state index in [1.807, 2.05) is 75.4 Å². The summed E-state index contributed by atoms with van der Waals surface area (Å²) < 4.78 is 5.62. The number of fused-ring (bicyclic) bond motifs is 2. The number of carbonyl (C=O) groups is 1. The lowest BCUT2D eigenvalue weighted by Crippen LogP contribution is -2.27. The van der Waals surface area contributed by atoms with E-state index in [-0.39, 0.29) is 23.9 Å². The fourth-order valence-corrected chi connectivity index (χ4v) is 3.77. The van der Waals surface area contributed by atoms with Crippen LogP contribution >= 0.6 is 0 Å². The highest BCUT2D eigenvalue weighted by atomic mass is 16.5. The Labute approximate surface area is 190 Å². The van der Waals surface area contributed by atoms with E-state index in [1.165, 1.54) is 0 Å². The molecule has 3 aromatic heterocycles. The molecule has 0 unspecified atom stereocenters. The van der Waals surface area contributed by atoms with Crippen LogP contribution in [0.1, 0.15) is 43.0 Å². The molecule has 0 radical (unpaired) electrons. The van der Waals surface area contributed by atoms with Crippen molar-refractivity contribution >= 4 is 27.8 Å². The number of H-pyrrole nitrogens is 2. The van der Waals surface area contributed by atoms with E-state index in [4.69, 9.17) is 4.74 Å². The van der Waals surface area contributed by atoms with E-state index >= 15 is 0 Å². The average molecular weight is 441 g/mol. The summed E-state index contributed by atoms with van der Waals surface area (Å²) in [4.78, 5) is 24.8. The number of benzene rings is 2. The minimum atomic E-state index is -0.255. The van der Waals surface area contributed by atoms with Gasteiger partial charge >= 0.3 is 0 Å². The summed E-state index contributed by atoms with van der Waals surface area (Å²) in [5.41, 5.74) is 4.95. The molecule has 0 aliphatic carbocycles. The van der Waals surface area contributed by atoms with Gasteiger partial charge in [-0.1, -0.05) is 30.3 Å². The van der Waals surface area contributed by atoms with Crippen molar-refractivity contribution in [3.63, 3.8) is 0 Å². The maximum absolute atomic E-state index is 12.8. The van der Waals surface area contributed by atoms with Crippen LogP contribution in [0.4, 0.5) is 0 Å². The van der Waals surface area contributed by atoms with Crippen LogP contribution in [0, 0.1) is 0 Å². The average Bonchev–Trinajstić information content (AvgIpc) is 3.42. The van der Waals surface area contributed by atoms with Crippen LogP contribution in [0.15, 0.2) is 60.8 Å². The maximum Gasteiger partial charge on any atom is 0.287 e. The lowest BCUT2D eigenvalue weighted by atomic mass is 10.1. The number of aromatic nitrogens is 5. The molecule has 0 aliphatic heterocycles. The third kappa shape index (κ3) is 4.15. The van der Waals surface area contributed by atoms with E-state index < -0.39 is 0 Å². The standard InChI is InChI=1S/C25H24N6O2/c1-14(2)33-22-10-9-17(13-26-22)23-18-11-20-21(12-19(18)30-31-23)29-24(28-20)25(32)27-15(3)16-7-5-4-6-8-16/h4-15H,1-3H3,(H,27,32)(H,28,29)(H,30,31)/t15-/m1/s1. The Morgan fingerprint density at radius 2 is 1.85 bits per heavy atom. The summed E-state index contributed by atoms with van der Waals surface area (Å²) in [5.74, 6) is 0.588. The van der Waals surface area contributed by atoms with Crippen molar-refractivity contribution < 1.29 is 9.53 Å². The van der Waals surface area contributed by atoms with Crippen LogP contribution in [-0.2, 0) is 0 Å². The van der Waals surface area contributed by atoms with Crippen molar-refractivity contribution in [2.24, 2.45) is 0 Å². The molecular formula is C25H24N6O2. The van der Waals surface area contributed by atoms with Crippen LogP contribution < -0.4 is 10.1 Å². The number of aromatic amines is 2. The largest absolute Gasteiger partial charge is 0.475 e. The van der Waals surface area contributed by atoms with Gasteiger partial charge in [-0.05, 0) is 44.5 Å².